The van der Waals surface area contributed by atoms with E-state index in [1.165, 1.54) is 13.8 Å². The molecule has 3 fully saturated rings. The summed E-state index contributed by atoms with van der Waals surface area (Å²) in [5.41, 5.74) is -1.88. The quantitative estimate of drug-likeness (QED) is 0.558. The fraction of sp³-hybridized carbons (Fsp3) is 0.842. The van der Waals surface area contributed by atoms with E-state index in [4.69, 9.17) is 18.9 Å². The Morgan fingerprint density at radius 3 is 2.23 bits per heavy atom. The van der Waals surface area contributed by atoms with Gasteiger partial charge in [0.2, 0.25) is 0 Å². The van der Waals surface area contributed by atoms with E-state index < -0.39 is 47.2 Å². The first-order valence-electron chi connectivity index (χ1n) is 9.54. The van der Waals surface area contributed by atoms with Crippen molar-refractivity contribution in [3.05, 3.63) is 0 Å². The molecule has 26 heavy (non-hydrogen) atoms. The van der Waals surface area contributed by atoms with E-state index >= 15 is 0 Å². The first-order valence-corrected chi connectivity index (χ1v) is 9.54. The maximum Gasteiger partial charge on any atom is 0.353 e. The van der Waals surface area contributed by atoms with E-state index in [0.717, 1.165) is 32.1 Å². The van der Waals surface area contributed by atoms with Gasteiger partial charge in [-0.2, -0.15) is 0 Å². The largest absolute Gasteiger partial charge is 0.466 e. The third kappa shape index (κ3) is 3.00. The van der Waals surface area contributed by atoms with Gasteiger partial charge >= 0.3 is 17.9 Å². The van der Waals surface area contributed by atoms with Gasteiger partial charge < -0.3 is 18.9 Å². The summed E-state index contributed by atoms with van der Waals surface area (Å²) < 4.78 is 21.9. The summed E-state index contributed by atoms with van der Waals surface area (Å²) in [6.45, 7) is 6.68. The Hall–Kier alpha value is -1.63. The highest BCUT2D eigenvalue weighted by molar-refractivity contribution is 6.06. The number of carbonyl (C=O) groups is 3. The Balaban J connectivity index is 2.03. The van der Waals surface area contributed by atoms with Crippen molar-refractivity contribution < 1.29 is 33.3 Å². The van der Waals surface area contributed by atoms with Crippen molar-refractivity contribution in [2.75, 3.05) is 6.61 Å². The number of hydrogen-bond donors (Lipinski definition) is 0. The van der Waals surface area contributed by atoms with Crippen LogP contribution in [0.1, 0.15) is 59.8 Å². The van der Waals surface area contributed by atoms with Gasteiger partial charge in [0.15, 0.2) is 0 Å². The molecule has 0 aromatic rings. The van der Waals surface area contributed by atoms with E-state index in [1.807, 2.05) is 0 Å². The number of cyclic esters (lactones) is 2. The second kappa shape index (κ2) is 6.83. The van der Waals surface area contributed by atoms with Crippen molar-refractivity contribution in [2.24, 2.45) is 17.8 Å². The Labute approximate surface area is 153 Å². The van der Waals surface area contributed by atoms with Gasteiger partial charge in [-0.3, -0.25) is 4.79 Å². The number of carbonyl (C=O) groups excluding carboxylic acids is 3. The minimum absolute atomic E-state index is 0.00409. The molecule has 0 aromatic heterocycles. The van der Waals surface area contributed by atoms with Gasteiger partial charge in [-0.1, -0.05) is 32.1 Å². The monoisotopic (exact) mass is 368 g/mol. The maximum atomic E-state index is 13.0. The second-order valence-corrected chi connectivity index (χ2v) is 7.94. The zero-order valence-electron chi connectivity index (χ0n) is 15.9. The third-order valence-corrected chi connectivity index (χ3v) is 5.73. The Kier molecular flexibility index (Phi) is 5.03. The van der Waals surface area contributed by atoms with Gasteiger partial charge in [0.25, 0.3) is 11.4 Å². The van der Waals surface area contributed by atoms with E-state index in [-0.39, 0.29) is 12.5 Å². The summed E-state index contributed by atoms with van der Waals surface area (Å²) in [5.74, 6) is -4.61. The molecule has 0 aromatic carbocycles. The van der Waals surface area contributed by atoms with Gasteiger partial charge in [-0.15, -0.1) is 0 Å². The lowest BCUT2D eigenvalue weighted by molar-refractivity contribution is -0.268. The molecule has 3 atom stereocenters. The van der Waals surface area contributed by atoms with Crippen molar-refractivity contribution in [1.82, 2.24) is 0 Å². The Morgan fingerprint density at radius 1 is 1.12 bits per heavy atom. The molecule has 0 unspecified atom stereocenters. The van der Waals surface area contributed by atoms with Crippen LogP contribution in [0.3, 0.4) is 0 Å². The predicted octanol–water partition coefficient (Wildman–Crippen LogP) is 2.36. The molecular formula is C19H28O7. The molecule has 7 nitrogen and oxygen atoms in total. The second-order valence-electron chi connectivity index (χ2n) is 7.94. The molecule has 3 rings (SSSR count). The lowest BCUT2D eigenvalue weighted by atomic mass is 9.66. The normalized spacial score (nSPS) is 33.6. The first kappa shape index (κ1) is 19.1. The number of rotatable bonds is 3. The van der Waals surface area contributed by atoms with Crippen LogP contribution in [-0.2, 0) is 33.3 Å². The topological polar surface area (TPSA) is 88.1 Å². The van der Waals surface area contributed by atoms with Gasteiger partial charge in [-0.05, 0) is 19.8 Å². The first-order chi connectivity index (χ1) is 12.2. The average Bonchev–Trinajstić information content (AvgIpc) is 2.88. The fourth-order valence-electron chi connectivity index (χ4n) is 4.76. The highest BCUT2D eigenvalue weighted by Gasteiger charge is 2.71. The number of esters is 3. The van der Waals surface area contributed by atoms with Crippen molar-refractivity contribution in [3.8, 4) is 0 Å². The summed E-state index contributed by atoms with van der Waals surface area (Å²) >= 11 is 0. The lowest BCUT2D eigenvalue weighted by Gasteiger charge is -2.43. The van der Waals surface area contributed by atoms with Crippen LogP contribution >= 0.6 is 0 Å². The van der Waals surface area contributed by atoms with Gasteiger partial charge in [-0.25, -0.2) is 9.59 Å². The molecule has 2 aliphatic heterocycles. The van der Waals surface area contributed by atoms with Crippen LogP contribution in [0.4, 0.5) is 0 Å². The predicted molar refractivity (Wildman–Crippen MR) is 89.7 cm³/mol. The zero-order valence-corrected chi connectivity index (χ0v) is 15.9. The zero-order chi connectivity index (χ0) is 19.1. The Morgan fingerprint density at radius 2 is 1.69 bits per heavy atom. The van der Waals surface area contributed by atoms with Crippen molar-refractivity contribution in [2.45, 2.75) is 77.3 Å². The smallest absolute Gasteiger partial charge is 0.353 e. The van der Waals surface area contributed by atoms with E-state index in [1.54, 1.807) is 13.8 Å². The summed E-state index contributed by atoms with van der Waals surface area (Å²) in [7, 11) is 0. The molecule has 1 saturated carbocycles. The van der Waals surface area contributed by atoms with Gasteiger partial charge in [0.1, 0.15) is 0 Å². The molecule has 3 aliphatic rings. The molecule has 2 heterocycles. The van der Waals surface area contributed by atoms with Crippen LogP contribution in [0.25, 0.3) is 0 Å². The molecule has 0 bridgehead atoms. The molecule has 2 saturated heterocycles. The minimum atomic E-state index is -1.88. The molecule has 146 valence electrons. The van der Waals surface area contributed by atoms with Crippen LogP contribution < -0.4 is 0 Å². The maximum absolute atomic E-state index is 13.0. The third-order valence-electron chi connectivity index (χ3n) is 5.73. The van der Waals surface area contributed by atoms with Crippen LogP contribution in [0.5, 0.6) is 0 Å². The van der Waals surface area contributed by atoms with Crippen molar-refractivity contribution in [3.63, 3.8) is 0 Å². The molecule has 0 N–H and O–H groups in total. The van der Waals surface area contributed by atoms with Crippen molar-refractivity contribution in [1.29, 1.82) is 0 Å². The molecule has 0 amide bonds. The standard InChI is InChI=1S/C19H28O7/c1-5-23-15(20)13-11(2)24-19(14(13)12-9-7-6-8-10-12)16(21)25-18(3,4)26-17(19)22/h11-14H,5-10H2,1-4H3/t11-,13-,14+/m0/s1. The van der Waals surface area contributed by atoms with E-state index in [0.29, 0.717) is 0 Å². The summed E-state index contributed by atoms with van der Waals surface area (Å²) in [6.07, 6.45) is 4.14. The van der Waals surface area contributed by atoms with Crippen LogP contribution in [0, 0.1) is 17.8 Å². The average molecular weight is 368 g/mol. The number of ether oxygens (including phenoxy) is 4. The van der Waals surface area contributed by atoms with Crippen LogP contribution in [0.2, 0.25) is 0 Å². The Bertz CT molecular complexity index is 571. The van der Waals surface area contributed by atoms with E-state index in [9.17, 15) is 14.4 Å². The van der Waals surface area contributed by atoms with Gasteiger partial charge in [0.05, 0.1) is 18.6 Å². The molecule has 1 spiro atoms. The molecule has 7 heteroatoms. The summed E-state index contributed by atoms with van der Waals surface area (Å²) in [4.78, 5) is 38.6. The fourth-order valence-corrected chi connectivity index (χ4v) is 4.76. The van der Waals surface area contributed by atoms with Crippen LogP contribution in [0.15, 0.2) is 0 Å². The highest BCUT2D eigenvalue weighted by Crippen LogP contribution is 2.52. The molecule has 1 aliphatic carbocycles. The molecular weight excluding hydrogens is 340 g/mol. The summed E-state index contributed by atoms with van der Waals surface area (Å²) in [6, 6.07) is 0. The van der Waals surface area contributed by atoms with Gasteiger partial charge in [0, 0.05) is 19.8 Å². The van der Waals surface area contributed by atoms with Crippen LogP contribution in [-0.4, -0.2) is 42.0 Å². The highest BCUT2D eigenvalue weighted by atomic mass is 16.8. The SMILES string of the molecule is CCOC(=O)[C@H]1[C@H](C)OC2(C(=O)OC(C)(C)OC2=O)[C@@H]1C1CCCCC1. The van der Waals surface area contributed by atoms with Crippen molar-refractivity contribution >= 4 is 17.9 Å². The molecule has 0 radical (unpaired) electrons. The number of hydrogen-bond acceptors (Lipinski definition) is 7. The summed E-state index contributed by atoms with van der Waals surface area (Å²) in [5, 5.41) is 0. The minimum Gasteiger partial charge on any atom is -0.466 e. The van der Waals surface area contributed by atoms with E-state index in [2.05, 4.69) is 0 Å². The lowest BCUT2D eigenvalue weighted by Crippen LogP contribution is -2.63.